The number of allylic oxidation sites excluding steroid dienone is 1. The summed E-state index contributed by atoms with van der Waals surface area (Å²) in [5, 5.41) is 10.2. The van der Waals surface area contributed by atoms with Crippen LogP contribution in [0.25, 0.3) is 6.08 Å². The molecule has 1 unspecified atom stereocenters. The van der Waals surface area contributed by atoms with Crippen molar-refractivity contribution in [2.45, 2.75) is 31.9 Å². The fourth-order valence-corrected chi connectivity index (χ4v) is 3.61. The predicted octanol–water partition coefficient (Wildman–Crippen LogP) is 3.70. The number of hydrogen-bond donors (Lipinski definition) is 1. The van der Waals surface area contributed by atoms with E-state index in [1.807, 2.05) is 51.1 Å². The summed E-state index contributed by atoms with van der Waals surface area (Å²) >= 11 is -0.0875. The van der Waals surface area contributed by atoms with Gasteiger partial charge < -0.3 is 0 Å². The Morgan fingerprint density at radius 1 is 1.16 bits per heavy atom. The van der Waals surface area contributed by atoms with E-state index >= 15 is 0 Å². The molecule has 0 aliphatic heterocycles. The Labute approximate surface area is 156 Å². The van der Waals surface area contributed by atoms with Crippen LogP contribution >= 0.6 is 0 Å². The van der Waals surface area contributed by atoms with E-state index in [4.69, 9.17) is 4.74 Å². The SMILES string of the molecule is COc1cc(O)c(C(C)(C)C)cc1/C=C/C(=O)c1ccc([AsH]C)cc1. The molecule has 132 valence electrons. The Kier molecular flexibility index (Phi) is 6.13. The van der Waals surface area contributed by atoms with Crippen LogP contribution in [0.2, 0.25) is 5.71 Å². The molecule has 0 saturated carbocycles. The van der Waals surface area contributed by atoms with E-state index in [9.17, 15) is 9.90 Å². The van der Waals surface area contributed by atoms with Crippen molar-refractivity contribution in [3.63, 3.8) is 0 Å². The Morgan fingerprint density at radius 2 is 1.80 bits per heavy atom. The Balaban J connectivity index is 2.34. The molecular weight excluding hydrogens is 375 g/mol. The summed E-state index contributed by atoms with van der Waals surface area (Å²) < 4.78 is 6.67. The number of phenolic OH excluding ortho intramolecular Hbond substituents is 1. The molecule has 0 saturated heterocycles. The van der Waals surface area contributed by atoms with Crippen LogP contribution in [0.3, 0.4) is 0 Å². The van der Waals surface area contributed by atoms with Crippen LogP contribution < -0.4 is 9.09 Å². The molecule has 0 aliphatic rings. The van der Waals surface area contributed by atoms with Crippen LogP contribution in [0.15, 0.2) is 42.5 Å². The van der Waals surface area contributed by atoms with Crippen molar-refractivity contribution >= 4 is 32.0 Å². The van der Waals surface area contributed by atoms with Gasteiger partial charge in [-0.05, 0) is 0 Å². The second kappa shape index (κ2) is 7.93. The maximum atomic E-state index is 12.4. The summed E-state index contributed by atoms with van der Waals surface area (Å²) in [6.07, 6.45) is 3.30. The first-order valence-electron chi connectivity index (χ1n) is 8.18. The van der Waals surface area contributed by atoms with Gasteiger partial charge in [0.05, 0.1) is 0 Å². The molecule has 0 amide bonds. The first-order chi connectivity index (χ1) is 11.8. The van der Waals surface area contributed by atoms with Crippen molar-refractivity contribution in [2.75, 3.05) is 7.11 Å². The Hall–Kier alpha value is -1.99. The fourth-order valence-electron chi connectivity index (χ4n) is 2.56. The molecule has 2 rings (SSSR count). The average molecular weight is 400 g/mol. The van der Waals surface area contributed by atoms with Gasteiger partial charge in [-0.2, -0.15) is 0 Å². The zero-order valence-electron chi connectivity index (χ0n) is 15.4. The number of methoxy groups -OCH3 is 1. The first-order valence-corrected chi connectivity index (χ1v) is 11.3. The second-order valence-electron chi connectivity index (χ2n) is 6.89. The molecule has 2 aromatic rings. The third kappa shape index (κ3) is 4.76. The molecule has 0 radical (unpaired) electrons. The molecule has 3 nitrogen and oxygen atoms in total. The normalized spacial score (nSPS) is 12.2. The van der Waals surface area contributed by atoms with Crippen LogP contribution in [0.4, 0.5) is 0 Å². The molecule has 1 atom stereocenters. The quantitative estimate of drug-likeness (QED) is 0.473. The number of aromatic hydroxyl groups is 1. The zero-order chi connectivity index (χ0) is 18.6. The number of carbonyl (C=O) groups is 1. The molecule has 0 bridgehead atoms. The number of ether oxygens (including phenoxy) is 1. The monoisotopic (exact) mass is 400 g/mol. The molecule has 25 heavy (non-hydrogen) atoms. The van der Waals surface area contributed by atoms with Crippen molar-refractivity contribution in [3.05, 3.63) is 59.2 Å². The van der Waals surface area contributed by atoms with E-state index in [0.717, 1.165) is 11.1 Å². The number of rotatable bonds is 5. The van der Waals surface area contributed by atoms with Gasteiger partial charge in [-0.15, -0.1) is 0 Å². The predicted molar refractivity (Wildman–Crippen MR) is 106 cm³/mol. The summed E-state index contributed by atoms with van der Waals surface area (Å²) in [4.78, 5) is 12.4. The maximum absolute atomic E-state index is 12.4. The van der Waals surface area contributed by atoms with Crippen molar-refractivity contribution in [2.24, 2.45) is 0 Å². The van der Waals surface area contributed by atoms with Crippen molar-refractivity contribution in [1.82, 2.24) is 0 Å². The molecule has 1 N–H and O–H groups in total. The van der Waals surface area contributed by atoms with Crippen LogP contribution in [-0.4, -0.2) is 33.8 Å². The van der Waals surface area contributed by atoms with Crippen LogP contribution in [0, 0.1) is 0 Å². The molecule has 2 aromatic carbocycles. The van der Waals surface area contributed by atoms with Crippen molar-refractivity contribution in [1.29, 1.82) is 0 Å². The van der Waals surface area contributed by atoms with Crippen LogP contribution in [0.5, 0.6) is 11.5 Å². The van der Waals surface area contributed by atoms with E-state index in [1.165, 1.54) is 4.35 Å². The van der Waals surface area contributed by atoms with E-state index in [0.29, 0.717) is 11.3 Å². The molecule has 0 aromatic heterocycles. The van der Waals surface area contributed by atoms with Gasteiger partial charge in [0.25, 0.3) is 0 Å². The standard InChI is InChI=1S/C21H25AsO3/c1-21(2,3)17-12-15(20(25-5)13-19(17)24)8-11-18(23)14-6-9-16(22-4)10-7-14/h6-13,22,24H,1-5H3/b11-8+. The van der Waals surface area contributed by atoms with Gasteiger partial charge in [-0.1, -0.05) is 0 Å². The van der Waals surface area contributed by atoms with Crippen LogP contribution in [0.1, 0.15) is 42.3 Å². The summed E-state index contributed by atoms with van der Waals surface area (Å²) in [6.45, 7) is 6.10. The van der Waals surface area contributed by atoms with E-state index in [1.54, 1.807) is 25.3 Å². The summed E-state index contributed by atoms with van der Waals surface area (Å²) in [7, 11) is 1.55. The van der Waals surface area contributed by atoms with Gasteiger partial charge in [0.2, 0.25) is 0 Å². The molecule has 4 heteroatoms. The molecule has 0 aliphatic carbocycles. The topological polar surface area (TPSA) is 46.5 Å². The summed E-state index contributed by atoms with van der Waals surface area (Å²) in [5.41, 5.74) is 4.27. The number of carbonyl (C=O) groups excluding carboxylic acids is 1. The van der Waals surface area contributed by atoms with Gasteiger partial charge in [-0.3, -0.25) is 0 Å². The fraction of sp³-hybridized carbons (Fsp3) is 0.286. The summed E-state index contributed by atoms with van der Waals surface area (Å²) in [5.74, 6) is 0.697. The molecular formula is C21H25AsO3. The van der Waals surface area contributed by atoms with Gasteiger partial charge in [0.15, 0.2) is 0 Å². The first kappa shape index (κ1) is 19.3. The molecule has 0 fully saturated rings. The summed E-state index contributed by atoms with van der Waals surface area (Å²) in [6, 6.07) is 11.3. The van der Waals surface area contributed by atoms with Crippen LogP contribution in [-0.2, 0) is 5.41 Å². The zero-order valence-corrected chi connectivity index (χ0v) is 17.5. The van der Waals surface area contributed by atoms with Gasteiger partial charge in [0, 0.05) is 0 Å². The van der Waals surface area contributed by atoms with E-state index in [2.05, 4.69) is 5.71 Å². The molecule has 0 heterocycles. The second-order valence-corrected chi connectivity index (χ2v) is 9.15. The molecule has 0 spiro atoms. The Morgan fingerprint density at radius 3 is 2.32 bits per heavy atom. The minimum absolute atomic E-state index is 0.0462. The number of hydrogen-bond acceptors (Lipinski definition) is 3. The third-order valence-electron chi connectivity index (χ3n) is 4.03. The third-order valence-corrected chi connectivity index (χ3v) is 5.94. The van der Waals surface area contributed by atoms with Crippen molar-refractivity contribution in [3.8, 4) is 11.5 Å². The minimum atomic E-state index is -0.206. The number of benzene rings is 2. The van der Waals surface area contributed by atoms with Gasteiger partial charge in [-0.25, -0.2) is 0 Å². The number of ketones is 1. The van der Waals surface area contributed by atoms with E-state index < -0.39 is 0 Å². The Bertz CT molecular complexity index is 784. The van der Waals surface area contributed by atoms with Gasteiger partial charge in [0.1, 0.15) is 0 Å². The van der Waals surface area contributed by atoms with Crippen molar-refractivity contribution < 1.29 is 14.6 Å². The van der Waals surface area contributed by atoms with E-state index in [-0.39, 0.29) is 32.7 Å². The number of phenols is 1. The average Bonchev–Trinajstić information content (AvgIpc) is 2.59. The van der Waals surface area contributed by atoms with Gasteiger partial charge >= 0.3 is 156 Å².